The van der Waals surface area contributed by atoms with Gasteiger partial charge in [-0.3, -0.25) is 4.79 Å². The quantitative estimate of drug-likeness (QED) is 0.700. The molecule has 0 aliphatic carbocycles. The summed E-state index contributed by atoms with van der Waals surface area (Å²) >= 11 is 0. The van der Waals surface area contributed by atoms with Crippen LogP contribution in [0.1, 0.15) is 51.5 Å². The second-order valence-electron chi connectivity index (χ2n) is 4.70. The number of carbonyl (C=O) groups is 1. The van der Waals surface area contributed by atoms with Crippen LogP contribution in [0.5, 0.6) is 0 Å². The van der Waals surface area contributed by atoms with Crippen molar-refractivity contribution >= 4 is 5.78 Å². The summed E-state index contributed by atoms with van der Waals surface area (Å²) in [5.74, 6) is 0.850. The van der Waals surface area contributed by atoms with Crippen molar-refractivity contribution in [1.29, 1.82) is 0 Å². The molecule has 88 valence electrons. The van der Waals surface area contributed by atoms with Crippen LogP contribution < -0.4 is 0 Å². The van der Waals surface area contributed by atoms with E-state index in [-0.39, 0.29) is 5.92 Å². The second-order valence-corrected chi connectivity index (χ2v) is 4.70. The molecule has 0 N–H and O–H groups in total. The molecule has 0 fully saturated rings. The molecular formula is C15H22O. The van der Waals surface area contributed by atoms with E-state index in [1.165, 1.54) is 5.56 Å². The maximum atomic E-state index is 12.1. The van der Waals surface area contributed by atoms with Gasteiger partial charge in [-0.05, 0) is 17.9 Å². The molecule has 0 saturated carbocycles. The van der Waals surface area contributed by atoms with Gasteiger partial charge in [0.15, 0.2) is 0 Å². The van der Waals surface area contributed by atoms with Crippen molar-refractivity contribution in [1.82, 2.24) is 0 Å². The minimum atomic E-state index is 0.0766. The SMILES string of the molecule is CCCCC(=O)C(c1ccccc1)C(C)C. The highest BCUT2D eigenvalue weighted by Crippen LogP contribution is 2.27. The molecule has 0 spiro atoms. The average Bonchev–Trinajstić information content (AvgIpc) is 2.27. The van der Waals surface area contributed by atoms with Crippen molar-refractivity contribution in [3.63, 3.8) is 0 Å². The third-order valence-corrected chi connectivity index (χ3v) is 2.95. The van der Waals surface area contributed by atoms with Crippen molar-refractivity contribution < 1.29 is 4.79 Å². The van der Waals surface area contributed by atoms with E-state index in [0.29, 0.717) is 18.1 Å². The van der Waals surface area contributed by atoms with E-state index in [1.807, 2.05) is 18.2 Å². The normalized spacial score (nSPS) is 12.8. The number of hydrogen-bond acceptors (Lipinski definition) is 1. The Balaban J connectivity index is 2.79. The molecule has 0 saturated heterocycles. The van der Waals surface area contributed by atoms with Gasteiger partial charge >= 0.3 is 0 Å². The Morgan fingerprint density at radius 2 is 1.81 bits per heavy atom. The summed E-state index contributed by atoms with van der Waals surface area (Å²) in [5.41, 5.74) is 1.17. The molecule has 0 aliphatic rings. The minimum Gasteiger partial charge on any atom is -0.299 e. The predicted molar refractivity (Wildman–Crippen MR) is 68.6 cm³/mol. The zero-order valence-electron chi connectivity index (χ0n) is 10.6. The van der Waals surface area contributed by atoms with Crippen molar-refractivity contribution in [2.24, 2.45) is 5.92 Å². The fraction of sp³-hybridized carbons (Fsp3) is 0.533. The van der Waals surface area contributed by atoms with Crippen LogP contribution in [0.3, 0.4) is 0 Å². The molecular weight excluding hydrogens is 196 g/mol. The van der Waals surface area contributed by atoms with E-state index in [0.717, 1.165) is 12.8 Å². The Morgan fingerprint density at radius 3 is 2.31 bits per heavy atom. The molecule has 1 unspecified atom stereocenters. The van der Waals surface area contributed by atoms with E-state index in [9.17, 15) is 4.79 Å². The first kappa shape index (κ1) is 13.0. The predicted octanol–water partition coefficient (Wildman–Crippen LogP) is 4.19. The van der Waals surface area contributed by atoms with Crippen molar-refractivity contribution in [3.8, 4) is 0 Å². The summed E-state index contributed by atoms with van der Waals surface area (Å²) in [6.45, 7) is 6.38. The highest BCUT2D eigenvalue weighted by molar-refractivity contribution is 5.85. The van der Waals surface area contributed by atoms with Crippen LogP contribution in [0, 0.1) is 5.92 Å². The van der Waals surface area contributed by atoms with Gasteiger partial charge in [-0.15, -0.1) is 0 Å². The lowest BCUT2D eigenvalue weighted by Crippen LogP contribution is -2.18. The van der Waals surface area contributed by atoms with E-state index in [1.54, 1.807) is 0 Å². The molecule has 1 nitrogen and oxygen atoms in total. The van der Waals surface area contributed by atoms with Gasteiger partial charge in [0.1, 0.15) is 5.78 Å². The van der Waals surface area contributed by atoms with Gasteiger partial charge in [-0.1, -0.05) is 57.5 Å². The third kappa shape index (κ3) is 3.48. The Morgan fingerprint density at radius 1 is 1.19 bits per heavy atom. The summed E-state index contributed by atoms with van der Waals surface area (Å²) in [7, 11) is 0. The average molecular weight is 218 g/mol. The lowest BCUT2D eigenvalue weighted by atomic mass is 9.83. The maximum absolute atomic E-state index is 12.1. The van der Waals surface area contributed by atoms with Crippen LogP contribution in [-0.2, 0) is 4.79 Å². The largest absolute Gasteiger partial charge is 0.299 e. The summed E-state index contributed by atoms with van der Waals surface area (Å²) < 4.78 is 0. The van der Waals surface area contributed by atoms with Crippen LogP contribution in [0.15, 0.2) is 30.3 Å². The number of benzene rings is 1. The summed E-state index contributed by atoms with van der Waals surface area (Å²) in [6, 6.07) is 10.1. The molecule has 1 heteroatoms. The first-order valence-corrected chi connectivity index (χ1v) is 6.24. The molecule has 0 aliphatic heterocycles. The maximum Gasteiger partial charge on any atom is 0.140 e. The van der Waals surface area contributed by atoms with Crippen molar-refractivity contribution in [2.45, 2.75) is 46.0 Å². The smallest absolute Gasteiger partial charge is 0.140 e. The lowest BCUT2D eigenvalue weighted by Gasteiger charge is -2.20. The first-order valence-electron chi connectivity index (χ1n) is 6.24. The van der Waals surface area contributed by atoms with Crippen LogP contribution >= 0.6 is 0 Å². The number of Topliss-reactive ketones (excluding diaryl/α,β-unsaturated/α-hetero) is 1. The number of ketones is 1. The fourth-order valence-electron chi connectivity index (χ4n) is 2.11. The van der Waals surface area contributed by atoms with Gasteiger partial charge in [-0.25, -0.2) is 0 Å². The van der Waals surface area contributed by atoms with Gasteiger partial charge in [0.25, 0.3) is 0 Å². The van der Waals surface area contributed by atoms with E-state index in [4.69, 9.17) is 0 Å². The van der Waals surface area contributed by atoms with E-state index >= 15 is 0 Å². The van der Waals surface area contributed by atoms with Crippen LogP contribution in [-0.4, -0.2) is 5.78 Å². The highest BCUT2D eigenvalue weighted by Gasteiger charge is 2.22. The van der Waals surface area contributed by atoms with Crippen LogP contribution in [0.25, 0.3) is 0 Å². The molecule has 0 radical (unpaired) electrons. The molecule has 0 amide bonds. The Kier molecular flexibility index (Phi) is 5.24. The summed E-state index contributed by atoms with van der Waals surface area (Å²) in [4.78, 5) is 12.1. The fourth-order valence-corrected chi connectivity index (χ4v) is 2.11. The van der Waals surface area contributed by atoms with Gasteiger partial charge in [0.05, 0.1) is 0 Å². The van der Waals surface area contributed by atoms with Gasteiger partial charge in [0, 0.05) is 12.3 Å². The first-order chi connectivity index (χ1) is 7.66. The van der Waals surface area contributed by atoms with Crippen molar-refractivity contribution in [2.75, 3.05) is 0 Å². The molecule has 0 aromatic heterocycles. The molecule has 16 heavy (non-hydrogen) atoms. The lowest BCUT2D eigenvalue weighted by molar-refractivity contribution is -0.121. The molecule has 1 rings (SSSR count). The number of unbranched alkanes of at least 4 members (excludes halogenated alkanes) is 1. The monoisotopic (exact) mass is 218 g/mol. The summed E-state index contributed by atoms with van der Waals surface area (Å²) in [5, 5.41) is 0. The Bertz CT molecular complexity index is 313. The Hall–Kier alpha value is -1.11. The topological polar surface area (TPSA) is 17.1 Å². The zero-order valence-corrected chi connectivity index (χ0v) is 10.6. The standard InChI is InChI=1S/C15H22O/c1-4-5-11-14(16)15(12(2)3)13-9-7-6-8-10-13/h6-10,12,15H,4-5,11H2,1-3H3. The molecule has 0 heterocycles. The van der Waals surface area contributed by atoms with Gasteiger partial charge in [0.2, 0.25) is 0 Å². The minimum absolute atomic E-state index is 0.0766. The molecule has 1 atom stereocenters. The third-order valence-electron chi connectivity index (χ3n) is 2.95. The van der Waals surface area contributed by atoms with Gasteiger partial charge < -0.3 is 0 Å². The van der Waals surface area contributed by atoms with E-state index < -0.39 is 0 Å². The number of rotatable bonds is 6. The van der Waals surface area contributed by atoms with Gasteiger partial charge in [-0.2, -0.15) is 0 Å². The van der Waals surface area contributed by atoms with Crippen LogP contribution in [0.2, 0.25) is 0 Å². The number of hydrogen-bond donors (Lipinski definition) is 0. The van der Waals surface area contributed by atoms with Crippen LogP contribution in [0.4, 0.5) is 0 Å². The zero-order chi connectivity index (χ0) is 12.0. The Labute approximate surface area is 98.9 Å². The molecule has 0 bridgehead atoms. The highest BCUT2D eigenvalue weighted by atomic mass is 16.1. The van der Waals surface area contributed by atoms with E-state index in [2.05, 4.69) is 32.9 Å². The van der Waals surface area contributed by atoms with Crippen molar-refractivity contribution in [3.05, 3.63) is 35.9 Å². The molecule has 1 aromatic carbocycles. The molecule has 1 aromatic rings. The number of carbonyl (C=O) groups excluding carboxylic acids is 1. The summed E-state index contributed by atoms with van der Waals surface area (Å²) in [6.07, 6.45) is 2.81. The second kappa shape index (κ2) is 6.47.